The van der Waals surface area contributed by atoms with E-state index in [-0.39, 0.29) is 24.8 Å². The van der Waals surface area contributed by atoms with Gasteiger partial charge in [-0.3, -0.25) is 9.59 Å². The van der Waals surface area contributed by atoms with Gasteiger partial charge in [0.15, 0.2) is 0 Å². The van der Waals surface area contributed by atoms with E-state index in [1.807, 2.05) is 19.1 Å². The second kappa shape index (κ2) is 8.19. The lowest BCUT2D eigenvalue weighted by atomic mass is 10.1. The lowest BCUT2D eigenvalue weighted by Gasteiger charge is -2.16. The number of ether oxygens (including phenoxy) is 1. The zero-order chi connectivity index (χ0) is 15.0. The number of rotatable bonds is 8. The Balaban J connectivity index is 2.53. The molecule has 110 valence electrons. The normalized spacial score (nSPS) is 11.7. The summed E-state index contributed by atoms with van der Waals surface area (Å²) >= 11 is 0. The molecule has 1 aromatic rings. The van der Waals surface area contributed by atoms with Gasteiger partial charge >= 0.3 is 5.97 Å². The first kappa shape index (κ1) is 16.0. The molecule has 0 heterocycles. The van der Waals surface area contributed by atoms with Crippen LogP contribution in [0, 0.1) is 0 Å². The lowest BCUT2D eigenvalue weighted by molar-refractivity contribution is -0.137. The summed E-state index contributed by atoms with van der Waals surface area (Å²) in [5, 5.41) is 11.6. The first-order valence-corrected chi connectivity index (χ1v) is 6.69. The minimum atomic E-state index is -0.895. The second-order valence-electron chi connectivity index (χ2n) is 4.68. The van der Waals surface area contributed by atoms with Crippen molar-refractivity contribution in [3.63, 3.8) is 0 Å². The van der Waals surface area contributed by atoms with Gasteiger partial charge in [0.05, 0.1) is 20.0 Å². The van der Waals surface area contributed by atoms with E-state index in [1.54, 1.807) is 19.2 Å². The first-order chi connectivity index (χ1) is 9.55. The van der Waals surface area contributed by atoms with Crippen molar-refractivity contribution in [3.05, 3.63) is 29.8 Å². The van der Waals surface area contributed by atoms with Gasteiger partial charge in [-0.25, -0.2) is 0 Å². The molecule has 0 aliphatic rings. The van der Waals surface area contributed by atoms with E-state index in [2.05, 4.69) is 5.32 Å². The molecule has 1 unspecified atom stereocenters. The van der Waals surface area contributed by atoms with Crippen molar-refractivity contribution in [2.45, 2.75) is 38.6 Å². The predicted molar refractivity (Wildman–Crippen MR) is 75.8 cm³/mol. The summed E-state index contributed by atoms with van der Waals surface area (Å²) in [6.07, 6.45) is 1.70. The van der Waals surface area contributed by atoms with Crippen molar-refractivity contribution >= 4 is 11.9 Å². The maximum Gasteiger partial charge on any atom is 0.305 e. The van der Waals surface area contributed by atoms with Gasteiger partial charge < -0.3 is 15.2 Å². The number of benzene rings is 1. The third kappa shape index (κ3) is 5.73. The van der Waals surface area contributed by atoms with Crippen LogP contribution in [0.3, 0.4) is 0 Å². The standard InChI is InChI=1S/C15H21NO4/c1-3-4-12(10-15(18)19)16-14(17)9-11-5-7-13(20-2)8-6-11/h5-8,12H,3-4,9-10H2,1-2H3,(H,16,17)(H,18,19). The number of aliphatic carboxylic acids is 1. The van der Waals surface area contributed by atoms with Crippen molar-refractivity contribution in [2.75, 3.05) is 7.11 Å². The Kier molecular flexibility index (Phi) is 6.56. The highest BCUT2D eigenvalue weighted by atomic mass is 16.5. The quantitative estimate of drug-likeness (QED) is 0.763. The molecule has 0 bridgehead atoms. The van der Waals surface area contributed by atoms with Crippen molar-refractivity contribution in [1.82, 2.24) is 5.32 Å². The Hall–Kier alpha value is -2.04. The molecular formula is C15H21NO4. The van der Waals surface area contributed by atoms with E-state index in [9.17, 15) is 9.59 Å². The number of carboxylic acids is 1. The average Bonchev–Trinajstić information content (AvgIpc) is 2.39. The molecule has 1 aromatic carbocycles. The van der Waals surface area contributed by atoms with Crippen molar-refractivity contribution in [3.8, 4) is 5.75 Å². The van der Waals surface area contributed by atoms with Gasteiger partial charge in [0.25, 0.3) is 0 Å². The molecule has 5 nitrogen and oxygen atoms in total. The Bertz CT molecular complexity index is 442. The fourth-order valence-corrected chi connectivity index (χ4v) is 1.99. The molecule has 1 rings (SSSR count). The zero-order valence-corrected chi connectivity index (χ0v) is 11.9. The number of hydrogen-bond acceptors (Lipinski definition) is 3. The number of amides is 1. The van der Waals surface area contributed by atoms with Gasteiger partial charge in [0.2, 0.25) is 5.91 Å². The number of carbonyl (C=O) groups is 2. The molecule has 2 N–H and O–H groups in total. The maximum absolute atomic E-state index is 11.9. The molecule has 20 heavy (non-hydrogen) atoms. The van der Waals surface area contributed by atoms with Gasteiger partial charge in [-0.1, -0.05) is 25.5 Å². The molecule has 0 spiro atoms. The van der Waals surface area contributed by atoms with E-state index in [0.29, 0.717) is 6.42 Å². The molecule has 0 aromatic heterocycles. The minimum absolute atomic E-state index is 0.0395. The Morgan fingerprint density at radius 1 is 1.30 bits per heavy atom. The topological polar surface area (TPSA) is 75.6 Å². The number of carbonyl (C=O) groups excluding carboxylic acids is 1. The van der Waals surface area contributed by atoms with Gasteiger partial charge in [0.1, 0.15) is 5.75 Å². The van der Waals surface area contributed by atoms with Crippen LogP contribution in [-0.4, -0.2) is 30.1 Å². The van der Waals surface area contributed by atoms with Crippen LogP contribution in [0.15, 0.2) is 24.3 Å². The fourth-order valence-electron chi connectivity index (χ4n) is 1.99. The molecule has 0 aliphatic carbocycles. The lowest BCUT2D eigenvalue weighted by Crippen LogP contribution is -2.37. The van der Waals surface area contributed by atoms with Crippen LogP contribution >= 0.6 is 0 Å². The largest absolute Gasteiger partial charge is 0.497 e. The highest BCUT2D eigenvalue weighted by Crippen LogP contribution is 2.12. The molecule has 0 fully saturated rings. The smallest absolute Gasteiger partial charge is 0.305 e. The van der Waals surface area contributed by atoms with Crippen LogP contribution < -0.4 is 10.1 Å². The van der Waals surface area contributed by atoms with Gasteiger partial charge in [0, 0.05) is 6.04 Å². The SMILES string of the molecule is CCCC(CC(=O)O)NC(=O)Cc1ccc(OC)cc1. The summed E-state index contributed by atoms with van der Waals surface area (Å²) in [5.41, 5.74) is 0.869. The molecule has 0 saturated carbocycles. The third-order valence-electron chi connectivity index (χ3n) is 2.95. The average molecular weight is 279 g/mol. The van der Waals surface area contributed by atoms with E-state index in [4.69, 9.17) is 9.84 Å². The summed E-state index contributed by atoms with van der Waals surface area (Å²) in [4.78, 5) is 22.6. The van der Waals surface area contributed by atoms with E-state index in [1.165, 1.54) is 0 Å². The predicted octanol–water partition coefficient (Wildman–Crippen LogP) is 2.00. The monoisotopic (exact) mass is 279 g/mol. The number of methoxy groups -OCH3 is 1. The van der Waals surface area contributed by atoms with Crippen LogP contribution in [-0.2, 0) is 16.0 Å². The molecule has 1 atom stereocenters. The Morgan fingerprint density at radius 2 is 1.95 bits per heavy atom. The first-order valence-electron chi connectivity index (χ1n) is 6.69. The van der Waals surface area contributed by atoms with Gasteiger partial charge in [-0.15, -0.1) is 0 Å². The van der Waals surface area contributed by atoms with Gasteiger partial charge in [-0.05, 0) is 24.1 Å². The van der Waals surface area contributed by atoms with Crippen LogP contribution in [0.5, 0.6) is 5.75 Å². The van der Waals surface area contributed by atoms with Crippen molar-refractivity contribution in [1.29, 1.82) is 0 Å². The Labute approximate surface area is 118 Å². The van der Waals surface area contributed by atoms with E-state index >= 15 is 0 Å². The highest BCUT2D eigenvalue weighted by Gasteiger charge is 2.15. The summed E-state index contributed by atoms with van der Waals surface area (Å²) in [6, 6.07) is 6.94. The van der Waals surface area contributed by atoms with E-state index in [0.717, 1.165) is 17.7 Å². The number of nitrogens with one attached hydrogen (secondary N) is 1. The summed E-state index contributed by atoms with van der Waals surface area (Å²) < 4.78 is 5.05. The molecule has 0 radical (unpaired) electrons. The van der Waals surface area contributed by atoms with Crippen molar-refractivity contribution < 1.29 is 19.4 Å². The molecule has 0 saturated heterocycles. The molecule has 0 aliphatic heterocycles. The maximum atomic E-state index is 11.9. The zero-order valence-electron chi connectivity index (χ0n) is 11.9. The molecular weight excluding hydrogens is 258 g/mol. The van der Waals surface area contributed by atoms with Crippen molar-refractivity contribution in [2.24, 2.45) is 0 Å². The van der Waals surface area contributed by atoms with Crippen LogP contribution in [0.1, 0.15) is 31.7 Å². The highest BCUT2D eigenvalue weighted by molar-refractivity contribution is 5.79. The minimum Gasteiger partial charge on any atom is -0.497 e. The number of hydrogen-bond donors (Lipinski definition) is 2. The second-order valence-corrected chi connectivity index (χ2v) is 4.68. The third-order valence-corrected chi connectivity index (χ3v) is 2.95. The molecule has 1 amide bonds. The number of carboxylic acid groups (broad SMARTS) is 1. The fraction of sp³-hybridized carbons (Fsp3) is 0.467. The molecule has 5 heteroatoms. The van der Waals surface area contributed by atoms with Crippen LogP contribution in [0.25, 0.3) is 0 Å². The van der Waals surface area contributed by atoms with E-state index < -0.39 is 5.97 Å². The summed E-state index contributed by atoms with van der Waals surface area (Å²) in [5.74, 6) is -0.313. The summed E-state index contributed by atoms with van der Waals surface area (Å²) in [6.45, 7) is 1.96. The Morgan fingerprint density at radius 3 is 2.45 bits per heavy atom. The van der Waals surface area contributed by atoms with Crippen LogP contribution in [0.4, 0.5) is 0 Å². The summed E-state index contributed by atoms with van der Waals surface area (Å²) in [7, 11) is 1.59. The van der Waals surface area contributed by atoms with Crippen LogP contribution in [0.2, 0.25) is 0 Å². The van der Waals surface area contributed by atoms with Gasteiger partial charge in [-0.2, -0.15) is 0 Å².